The number of para-hydroxylation sites is 2. The average Bonchev–Trinajstić information content (AvgIpc) is 3.25. The van der Waals surface area contributed by atoms with Crippen molar-refractivity contribution in [1.29, 1.82) is 5.26 Å². The minimum atomic E-state index is -0.401. The smallest absolute Gasteiger partial charge is 0.197 e. The molecule has 1 aromatic carbocycles. The van der Waals surface area contributed by atoms with Crippen LogP contribution in [0, 0.1) is 11.3 Å². The van der Waals surface area contributed by atoms with E-state index in [1.54, 1.807) is 6.08 Å². The zero-order valence-electron chi connectivity index (χ0n) is 13.8. The van der Waals surface area contributed by atoms with Crippen LogP contribution < -0.4 is 9.47 Å². The van der Waals surface area contributed by atoms with Gasteiger partial charge in [-0.2, -0.15) is 9.64 Å². The summed E-state index contributed by atoms with van der Waals surface area (Å²) in [5, 5.41) is 18.6. The minimum absolute atomic E-state index is 0.195. The molecule has 0 aliphatic carbocycles. The summed E-state index contributed by atoms with van der Waals surface area (Å²) in [4.78, 5) is 0. The summed E-state index contributed by atoms with van der Waals surface area (Å²) in [6, 6.07) is 9.56. The van der Waals surface area contributed by atoms with Gasteiger partial charge in [-0.05, 0) is 35.4 Å². The van der Waals surface area contributed by atoms with Crippen molar-refractivity contribution in [2.75, 3.05) is 6.61 Å². The Labute approximate surface area is 168 Å². The van der Waals surface area contributed by atoms with Gasteiger partial charge >= 0.3 is 0 Å². The Hall–Kier alpha value is -2.54. The van der Waals surface area contributed by atoms with Crippen LogP contribution in [-0.2, 0) is 6.54 Å². The predicted molar refractivity (Wildman–Crippen MR) is 101 cm³/mol. The highest BCUT2D eigenvalue weighted by molar-refractivity contribution is 8.01. The summed E-state index contributed by atoms with van der Waals surface area (Å²) in [7, 11) is 0. The van der Waals surface area contributed by atoms with Crippen molar-refractivity contribution in [3.8, 4) is 17.6 Å². The van der Waals surface area contributed by atoms with Crippen LogP contribution in [0.1, 0.15) is 17.5 Å². The molecule has 27 heavy (non-hydrogen) atoms. The maximum atomic E-state index is 9.26. The van der Waals surface area contributed by atoms with Gasteiger partial charge in [-0.1, -0.05) is 29.8 Å². The molecular formula is C17H12ClN5O2S2. The van der Waals surface area contributed by atoms with Crippen LogP contribution in [0.2, 0.25) is 5.15 Å². The van der Waals surface area contributed by atoms with E-state index < -0.39 is 6.10 Å². The third-order valence-electron chi connectivity index (χ3n) is 3.77. The fourth-order valence-corrected chi connectivity index (χ4v) is 4.66. The molecule has 0 radical (unpaired) electrons. The number of fused-ring (bicyclic) bond motifs is 1. The van der Waals surface area contributed by atoms with E-state index in [1.165, 1.54) is 11.8 Å². The normalized spacial score (nSPS) is 15.3. The first-order valence-corrected chi connectivity index (χ1v) is 9.83. The van der Waals surface area contributed by atoms with Crippen molar-refractivity contribution in [2.24, 2.45) is 0 Å². The lowest BCUT2D eigenvalue weighted by molar-refractivity contribution is 0.0821. The molecule has 136 valence electrons. The van der Waals surface area contributed by atoms with Gasteiger partial charge in [0.1, 0.15) is 22.4 Å². The number of rotatable bonds is 5. The van der Waals surface area contributed by atoms with Gasteiger partial charge in [-0.25, -0.2) is 0 Å². The molecule has 1 aliphatic rings. The number of nitriles is 1. The standard InChI is InChI=1S/C17H12ClN5O2S2/c1-2-7-23-15(13-9-24-11-5-3-4-6-12(11)25-13)20-21-17(23)26-16-10(8-19)14(18)22-27-16/h2-6,13H,1,7,9H2. The second kappa shape index (κ2) is 7.60. The molecule has 0 saturated carbocycles. The van der Waals surface area contributed by atoms with Crippen LogP contribution in [0.25, 0.3) is 0 Å². The van der Waals surface area contributed by atoms with E-state index in [0.29, 0.717) is 45.4 Å². The number of benzene rings is 1. The molecule has 0 bridgehead atoms. The van der Waals surface area contributed by atoms with Crippen LogP contribution >= 0.6 is 34.9 Å². The molecule has 1 aliphatic heterocycles. The Balaban J connectivity index is 1.65. The highest BCUT2D eigenvalue weighted by Crippen LogP contribution is 2.39. The van der Waals surface area contributed by atoms with Crippen molar-refractivity contribution >= 4 is 34.9 Å². The lowest BCUT2D eigenvalue weighted by atomic mass is 10.2. The minimum Gasteiger partial charge on any atom is -0.485 e. The second-order valence-electron chi connectivity index (χ2n) is 5.45. The number of aromatic nitrogens is 4. The van der Waals surface area contributed by atoms with E-state index in [-0.39, 0.29) is 5.15 Å². The van der Waals surface area contributed by atoms with Crippen molar-refractivity contribution in [3.05, 3.63) is 53.5 Å². The monoisotopic (exact) mass is 417 g/mol. The fourth-order valence-electron chi connectivity index (χ4n) is 2.56. The van der Waals surface area contributed by atoms with E-state index >= 15 is 0 Å². The molecular weight excluding hydrogens is 406 g/mol. The summed E-state index contributed by atoms with van der Waals surface area (Å²) in [6.07, 6.45) is 1.35. The number of allylic oxidation sites excluding steroid dienone is 1. The molecule has 0 spiro atoms. The molecule has 10 heteroatoms. The van der Waals surface area contributed by atoms with Crippen LogP contribution in [0.3, 0.4) is 0 Å². The quantitative estimate of drug-likeness (QED) is 0.577. The summed E-state index contributed by atoms with van der Waals surface area (Å²) >= 11 is 8.40. The van der Waals surface area contributed by atoms with E-state index in [9.17, 15) is 5.26 Å². The summed E-state index contributed by atoms with van der Waals surface area (Å²) in [5.41, 5.74) is 0.340. The molecule has 0 saturated heterocycles. The Kier molecular flexibility index (Phi) is 5.03. The lowest BCUT2D eigenvalue weighted by Crippen LogP contribution is -2.25. The topological polar surface area (TPSA) is 85.9 Å². The maximum Gasteiger partial charge on any atom is 0.197 e. The number of halogens is 1. The molecule has 2 aromatic heterocycles. The number of nitrogens with zero attached hydrogens (tertiary/aromatic N) is 5. The second-order valence-corrected chi connectivity index (χ2v) is 7.82. The fraction of sp³-hybridized carbons (Fsp3) is 0.176. The summed E-state index contributed by atoms with van der Waals surface area (Å²) in [5.74, 6) is 1.99. The number of hydrogen-bond donors (Lipinski definition) is 0. The first-order valence-electron chi connectivity index (χ1n) is 7.87. The van der Waals surface area contributed by atoms with Gasteiger partial charge in [-0.15, -0.1) is 16.8 Å². The van der Waals surface area contributed by atoms with Crippen molar-refractivity contribution in [3.63, 3.8) is 0 Å². The lowest BCUT2D eigenvalue weighted by Gasteiger charge is -2.26. The van der Waals surface area contributed by atoms with Gasteiger partial charge in [0.15, 0.2) is 33.7 Å². The van der Waals surface area contributed by atoms with E-state index in [2.05, 4.69) is 27.2 Å². The molecule has 3 heterocycles. The van der Waals surface area contributed by atoms with Crippen LogP contribution in [-0.4, -0.2) is 25.7 Å². The maximum absolute atomic E-state index is 9.26. The Morgan fingerprint density at radius 3 is 3.00 bits per heavy atom. The van der Waals surface area contributed by atoms with Gasteiger partial charge in [-0.3, -0.25) is 4.57 Å². The molecule has 0 amide bonds. The van der Waals surface area contributed by atoms with Crippen molar-refractivity contribution in [2.45, 2.75) is 22.0 Å². The molecule has 0 fully saturated rings. The summed E-state index contributed by atoms with van der Waals surface area (Å²) < 4.78 is 18.4. The highest BCUT2D eigenvalue weighted by Gasteiger charge is 2.29. The molecule has 1 atom stereocenters. The van der Waals surface area contributed by atoms with Gasteiger partial charge in [0, 0.05) is 6.54 Å². The van der Waals surface area contributed by atoms with E-state index in [4.69, 9.17) is 21.1 Å². The highest BCUT2D eigenvalue weighted by atomic mass is 35.5. The largest absolute Gasteiger partial charge is 0.485 e. The molecule has 0 N–H and O–H groups in total. The van der Waals surface area contributed by atoms with Crippen LogP contribution in [0.15, 0.2) is 46.3 Å². The van der Waals surface area contributed by atoms with Gasteiger partial charge in [0.05, 0.1) is 0 Å². The molecule has 1 unspecified atom stereocenters. The van der Waals surface area contributed by atoms with Gasteiger partial charge in [0.25, 0.3) is 0 Å². The zero-order chi connectivity index (χ0) is 18.8. The SMILES string of the molecule is C=CCn1c(Sc2snc(Cl)c2C#N)nnc1C1COc2ccccc2O1. The van der Waals surface area contributed by atoms with E-state index in [1.807, 2.05) is 28.8 Å². The first-order chi connectivity index (χ1) is 13.2. The van der Waals surface area contributed by atoms with Crippen molar-refractivity contribution in [1.82, 2.24) is 19.1 Å². The van der Waals surface area contributed by atoms with E-state index in [0.717, 1.165) is 11.5 Å². The molecule has 7 nitrogen and oxygen atoms in total. The van der Waals surface area contributed by atoms with Gasteiger partial charge < -0.3 is 9.47 Å². The van der Waals surface area contributed by atoms with Crippen LogP contribution in [0.4, 0.5) is 0 Å². The predicted octanol–water partition coefficient (Wildman–Crippen LogP) is 4.11. The van der Waals surface area contributed by atoms with Crippen LogP contribution in [0.5, 0.6) is 11.5 Å². The Morgan fingerprint density at radius 1 is 1.41 bits per heavy atom. The third kappa shape index (κ3) is 3.39. The molecule has 3 aromatic rings. The Bertz CT molecular complexity index is 1040. The summed E-state index contributed by atoms with van der Waals surface area (Å²) in [6.45, 7) is 4.62. The third-order valence-corrected chi connectivity index (χ3v) is 6.13. The first kappa shape index (κ1) is 17.9. The number of hydrogen-bond acceptors (Lipinski definition) is 8. The molecule has 4 rings (SSSR count). The Morgan fingerprint density at radius 2 is 2.22 bits per heavy atom. The van der Waals surface area contributed by atoms with Gasteiger partial charge in [0.2, 0.25) is 0 Å². The van der Waals surface area contributed by atoms with Crippen molar-refractivity contribution < 1.29 is 9.47 Å². The average molecular weight is 418 g/mol. The number of ether oxygens (including phenoxy) is 2. The zero-order valence-corrected chi connectivity index (χ0v) is 16.2.